The van der Waals surface area contributed by atoms with Crippen LogP contribution in [0.3, 0.4) is 0 Å². The lowest BCUT2D eigenvalue weighted by atomic mass is 10.1. The maximum absolute atomic E-state index is 10.6. The number of nitrogens with zero attached hydrogens (tertiary/aromatic N) is 2. The molecule has 5 heteroatoms. The van der Waals surface area contributed by atoms with Crippen molar-refractivity contribution < 1.29 is 9.84 Å². The van der Waals surface area contributed by atoms with Crippen LogP contribution in [0.1, 0.15) is 16.7 Å². The third-order valence-corrected chi connectivity index (χ3v) is 6.31. The summed E-state index contributed by atoms with van der Waals surface area (Å²) in [6, 6.07) is 20.6. The van der Waals surface area contributed by atoms with Crippen LogP contribution in [-0.4, -0.2) is 28.1 Å². The van der Waals surface area contributed by atoms with Gasteiger partial charge < -0.3 is 9.84 Å². The fraction of sp³-hybridized carbons (Fsp3) is 0.208. The average Bonchev–Trinajstić information content (AvgIpc) is 3.03. The average molecular weight is 403 g/mol. The third-order valence-electron chi connectivity index (χ3n) is 5.22. The van der Waals surface area contributed by atoms with Gasteiger partial charge in [-0.3, -0.25) is 4.90 Å². The van der Waals surface area contributed by atoms with Gasteiger partial charge in [-0.15, -0.1) is 11.3 Å². The van der Waals surface area contributed by atoms with Crippen molar-refractivity contribution in [3.05, 3.63) is 77.4 Å². The number of benzene rings is 3. The number of ether oxygens (including phenoxy) is 1. The van der Waals surface area contributed by atoms with Crippen molar-refractivity contribution >= 4 is 21.6 Å². The first-order valence-electron chi connectivity index (χ1n) is 9.78. The van der Waals surface area contributed by atoms with E-state index in [-0.39, 0.29) is 5.75 Å². The van der Waals surface area contributed by atoms with E-state index in [2.05, 4.69) is 48.2 Å². The molecule has 0 aliphatic carbocycles. The van der Waals surface area contributed by atoms with E-state index in [9.17, 15) is 5.11 Å². The number of thiazole rings is 1. The van der Waals surface area contributed by atoms with Crippen molar-refractivity contribution in [2.24, 2.45) is 0 Å². The van der Waals surface area contributed by atoms with Crippen molar-refractivity contribution in [3.8, 4) is 22.1 Å². The number of aromatic hydroxyl groups is 1. The van der Waals surface area contributed by atoms with Crippen molar-refractivity contribution in [2.75, 3.05) is 13.2 Å². The molecule has 5 rings (SSSR count). The number of para-hydroxylation sites is 1. The maximum atomic E-state index is 10.6. The van der Waals surface area contributed by atoms with Gasteiger partial charge in [0.1, 0.15) is 11.6 Å². The number of phenolic OH excluding ortho intramolecular Hbond substituents is 1. The monoisotopic (exact) mass is 402 g/mol. The molecule has 0 unspecified atom stereocenters. The fourth-order valence-corrected chi connectivity index (χ4v) is 4.83. The molecule has 1 aliphatic rings. The van der Waals surface area contributed by atoms with Crippen LogP contribution >= 0.6 is 11.3 Å². The van der Waals surface area contributed by atoms with Crippen molar-refractivity contribution in [1.82, 2.24) is 9.88 Å². The number of aromatic nitrogens is 1. The second-order valence-corrected chi connectivity index (χ2v) is 8.55. The van der Waals surface area contributed by atoms with E-state index in [1.54, 1.807) is 17.4 Å². The van der Waals surface area contributed by atoms with Crippen LogP contribution in [-0.2, 0) is 13.1 Å². The quantitative estimate of drug-likeness (QED) is 0.500. The van der Waals surface area contributed by atoms with Crippen LogP contribution in [0.4, 0.5) is 0 Å². The standard InChI is InChI=1S/C24H22N2O2S/c1-16-5-4-6-17(11-16)14-26-9-10-28-23-19(15-26)12-18(13-21(23)27)24-25-20-7-2-3-8-22(20)29-24/h2-8,11-13,27H,9-10,14-15H2,1H3. The van der Waals surface area contributed by atoms with E-state index in [1.165, 1.54) is 11.1 Å². The highest BCUT2D eigenvalue weighted by Gasteiger charge is 2.21. The van der Waals surface area contributed by atoms with Crippen molar-refractivity contribution in [2.45, 2.75) is 20.0 Å². The van der Waals surface area contributed by atoms with Gasteiger partial charge in [-0.2, -0.15) is 0 Å². The van der Waals surface area contributed by atoms with Gasteiger partial charge in [0.05, 0.1) is 10.2 Å². The second-order valence-electron chi connectivity index (χ2n) is 7.52. The number of hydrogen-bond acceptors (Lipinski definition) is 5. The Morgan fingerprint density at radius 2 is 2.00 bits per heavy atom. The molecule has 146 valence electrons. The topological polar surface area (TPSA) is 45.6 Å². The number of fused-ring (bicyclic) bond motifs is 2. The molecule has 0 spiro atoms. The van der Waals surface area contributed by atoms with Crippen molar-refractivity contribution in [1.29, 1.82) is 0 Å². The summed E-state index contributed by atoms with van der Waals surface area (Å²) in [5.74, 6) is 0.788. The molecule has 0 bridgehead atoms. The Hall–Kier alpha value is -2.89. The molecule has 0 fully saturated rings. The van der Waals surface area contributed by atoms with Gasteiger partial charge in [0, 0.05) is 30.8 Å². The first-order chi connectivity index (χ1) is 14.2. The van der Waals surface area contributed by atoms with E-state index >= 15 is 0 Å². The minimum absolute atomic E-state index is 0.189. The summed E-state index contributed by atoms with van der Waals surface area (Å²) in [7, 11) is 0. The van der Waals surface area contributed by atoms with Gasteiger partial charge >= 0.3 is 0 Å². The predicted molar refractivity (Wildman–Crippen MR) is 118 cm³/mol. The highest BCUT2D eigenvalue weighted by molar-refractivity contribution is 7.21. The molecular weight excluding hydrogens is 380 g/mol. The maximum Gasteiger partial charge on any atom is 0.165 e. The Bertz CT molecular complexity index is 1150. The molecular formula is C24H22N2O2S. The summed E-state index contributed by atoms with van der Waals surface area (Å²) in [6.07, 6.45) is 0. The summed E-state index contributed by atoms with van der Waals surface area (Å²) in [5.41, 5.74) is 5.48. The number of rotatable bonds is 3. The molecule has 0 atom stereocenters. The van der Waals surface area contributed by atoms with Crippen LogP contribution in [0.2, 0.25) is 0 Å². The SMILES string of the molecule is Cc1cccc(CN2CCOc3c(O)cc(-c4nc5ccccc5s4)cc3C2)c1. The minimum atomic E-state index is 0.189. The zero-order valence-electron chi connectivity index (χ0n) is 16.3. The van der Waals surface area contributed by atoms with Crippen molar-refractivity contribution in [3.63, 3.8) is 0 Å². The second kappa shape index (κ2) is 7.50. The zero-order chi connectivity index (χ0) is 19.8. The van der Waals surface area contributed by atoms with Crippen LogP contribution in [0.15, 0.2) is 60.7 Å². The van der Waals surface area contributed by atoms with E-state index < -0.39 is 0 Å². The minimum Gasteiger partial charge on any atom is -0.504 e. The van der Waals surface area contributed by atoms with Crippen LogP contribution in [0.25, 0.3) is 20.8 Å². The first-order valence-corrected chi connectivity index (χ1v) is 10.6. The molecule has 3 aromatic carbocycles. The molecule has 0 saturated heterocycles. The van der Waals surface area contributed by atoms with Gasteiger partial charge in [0.15, 0.2) is 11.5 Å². The van der Waals surface area contributed by atoms with Gasteiger partial charge in [0.2, 0.25) is 0 Å². The Balaban J connectivity index is 1.48. The molecule has 29 heavy (non-hydrogen) atoms. The third kappa shape index (κ3) is 3.71. The lowest BCUT2D eigenvalue weighted by molar-refractivity contribution is 0.217. The van der Waals surface area contributed by atoms with E-state index in [0.717, 1.165) is 46.0 Å². The summed E-state index contributed by atoms with van der Waals surface area (Å²) < 4.78 is 7.06. The Kier molecular flexibility index (Phi) is 4.70. The Labute approximate surface area is 174 Å². The summed E-state index contributed by atoms with van der Waals surface area (Å²) in [5, 5.41) is 11.6. The Morgan fingerprint density at radius 1 is 1.10 bits per heavy atom. The molecule has 4 nitrogen and oxygen atoms in total. The van der Waals surface area contributed by atoms with Gasteiger partial charge in [0.25, 0.3) is 0 Å². The van der Waals surface area contributed by atoms with Gasteiger partial charge in [-0.25, -0.2) is 4.98 Å². The van der Waals surface area contributed by atoms with E-state index in [1.807, 2.05) is 18.2 Å². The van der Waals surface area contributed by atoms with E-state index in [0.29, 0.717) is 12.4 Å². The van der Waals surface area contributed by atoms with Gasteiger partial charge in [-0.05, 0) is 36.8 Å². The lowest BCUT2D eigenvalue weighted by Crippen LogP contribution is -2.25. The van der Waals surface area contributed by atoms with E-state index in [4.69, 9.17) is 9.72 Å². The molecule has 0 amide bonds. The largest absolute Gasteiger partial charge is 0.504 e. The van der Waals surface area contributed by atoms with Crippen LogP contribution in [0, 0.1) is 6.92 Å². The number of hydrogen-bond donors (Lipinski definition) is 1. The molecule has 4 aromatic rings. The predicted octanol–water partition coefficient (Wildman–Crippen LogP) is 5.37. The first kappa shape index (κ1) is 18.2. The number of phenols is 1. The van der Waals surface area contributed by atoms with Gasteiger partial charge in [-0.1, -0.05) is 42.0 Å². The summed E-state index contributed by atoms with van der Waals surface area (Å²) >= 11 is 1.64. The van der Waals surface area contributed by atoms with Crippen LogP contribution in [0.5, 0.6) is 11.5 Å². The molecule has 1 aromatic heterocycles. The highest BCUT2D eigenvalue weighted by atomic mass is 32.1. The molecule has 0 radical (unpaired) electrons. The zero-order valence-corrected chi connectivity index (χ0v) is 17.1. The molecule has 0 saturated carbocycles. The highest BCUT2D eigenvalue weighted by Crippen LogP contribution is 2.39. The molecule has 1 aliphatic heterocycles. The Morgan fingerprint density at radius 3 is 2.86 bits per heavy atom. The summed E-state index contributed by atoms with van der Waals surface area (Å²) in [6.45, 7) is 5.09. The molecule has 2 heterocycles. The normalized spacial score (nSPS) is 14.4. The van der Waals surface area contributed by atoms with Crippen LogP contribution < -0.4 is 4.74 Å². The number of aryl methyl sites for hydroxylation is 1. The fourth-order valence-electron chi connectivity index (χ4n) is 3.88. The summed E-state index contributed by atoms with van der Waals surface area (Å²) in [4.78, 5) is 7.11. The molecule has 1 N–H and O–H groups in total. The lowest BCUT2D eigenvalue weighted by Gasteiger charge is -2.19. The smallest absolute Gasteiger partial charge is 0.165 e.